The molecule has 2 aliphatic rings. The number of aryl methyl sites for hydroxylation is 1. The van der Waals surface area contributed by atoms with Crippen LogP contribution in [0.2, 0.25) is 0 Å². The van der Waals surface area contributed by atoms with E-state index in [0.29, 0.717) is 30.1 Å². The Morgan fingerprint density at radius 2 is 2.00 bits per heavy atom. The minimum absolute atomic E-state index is 0.0838. The number of carbonyl (C=O) groups excluding carboxylic acids is 1. The summed E-state index contributed by atoms with van der Waals surface area (Å²) in [5.41, 5.74) is 2.19. The molecule has 4 rings (SSSR count). The van der Waals surface area contributed by atoms with Crippen molar-refractivity contribution in [3.8, 4) is 5.75 Å². The van der Waals surface area contributed by atoms with E-state index in [9.17, 15) is 13.2 Å². The van der Waals surface area contributed by atoms with Crippen LogP contribution >= 0.6 is 11.8 Å². The second-order valence-corrected chi connectivity index (χ2v) is 10.3. The maximum atomic E-state index is 13.6. The Morgan fingerprint density at radius 1 is 1.21 bits per heavy atom. The predicted molar refractivity (Wildman–Crippen MR) is 116 cm³/mol. The molecule has 2 heterocycles. The third-order valence-electron chi connectivity index (χ3n) is 5.26. The van der Waals surface area contributed by atoms with Gasteiger partial charge >= 0.3 is 0 Å². The zero-order valence-electron chi connectivity index (χ0n) is 16.7. The van der Waals surface area contributed by atoms with Crippen molar-refractivity contribution in [2.45, 2.75) is 43.1 Å². The number of ether oxygens (including phenoxy) is 1. The van der Waals surface area contributed by atoms with Crippen LogP contribution in [0.4, 0.5) is 11.4 Å². The van der Waals surface area contributed by atoms with E-state index in [1.807, 2.05) is 32.0 Å². The van der Waals surface area contributed by atoms with E-state index in [0.717, 1.165) is 16.2 Å². The first-order chi connectivity index (χ1) is 13.8. The zero-order valence-corrected chi connectivity index (χ0v) is 18.3. The summed E-state index contributed by atoms with van der Waals surface area (Å²) >= 11 is 1.64. The summed E-state index contributed by atoms with van der Waals surface area (Å²) < 4.78 is 34.7. The average Bonchev–Trinajstić information content (AvgIpc) is 2.71. The molecule has 0 radical (unpaired) electrons. The van der Waals surface area contributed by atoms with Gasteiger partial charge in [-0.3, -0.25) is 9.10 Å². The van der Waals surface area contributed by atoms with Gasteiger partial charge in [0.25, 0.3) is 10.0 Å². The Kier molecular flexibility index (Phi) is 5.25. The average molecular weight is 433 g/mol. The highest BCUT2D eigenvalue weighted by Gasteiger charge is 2.35. The van der Waals surface area contributed by atoms with Crippen molar-refractivity contribution in [2.75, 3.05) is 28.0 Å². The van der Waals surface area contributed by atoms with E-state index >= 15 is 0 Å². The van der Waals surface area contributed by atoms with Crippen LogP contribution in [-0.2, 0) is 14.8 Å². The van der Waals surface area contributed by atoms with Crippen molar-refractivity contribution in [1.29, 1.82) is 0 Å². The summed E-state index contributed by atoms with van der Waals surface area (Å²) in [7, 11) is -3.81. The monoisotopic (exact) mass is 432 g/mol. The zero-order chi connectivity index (χ0) is 20.8. The van der Waals surface area contributed by atoms with Crippen LogP contribution in [0.15, 0.2) is 46.2 Å². The number of carbonyl (C=O) groups is 1. The smallest absolute Gasteiger partial charge is 0.264 e. The number of rotatable bonds is 3. The molecular weight excluding hydrogens is 408 g/mol. The van der Waals surface area contributed by atoms with Crippen LogP contribution in [-0.4, -0.2) is 39.3 Å². The molecule has 2 aromatic rings. The predicted octanol–water partition coefficient (Wildman–Crippen LogP) is 3.82. The van der Waals surface area contributed by atoms with E-state index in [1.165, 1.54) is 11.2 Å². The van der Waals surface area contributed by atoms with Gasteiger partial charge in [-0.05, 0) is 49.2 Å². The van der Waals surface area contributed by atoms with Crippen LogP contribution in [0, 0.1) is 6.92 Å². The largest absolute Gasteiger partial charge is 0.486 e. The minimum atomic E-state index is -3.81. The van der Waals surface area contributed by atoms with Gasteiger partial charge in [0.1, 0.15) is 11.9 Å². The van der Waals surface area contributed by atoms with E-state index in [1.54, 1.807) is 34.9 Å². The van der Waals surface area contributed by atoms with Gasteiger partial charge < -0.3 is 9.64 Å². The maximum absolute atomic E-state index is 13.6. The second-order valence-electron chi connectivity index (χ2n) is 7.30. The van der Waals surface area contributed by atoms with Crippen molar-refractivity contribution in [2.24, 2.45) is 0 Å². The Labute approximate surface area is 175 Å². The van der Waals surface area contributed by atoms with Crippen LogP contribution in [0.5, 0.6) is 5.75 Å². The molecule has 0 spiro atoms. The minimum Gasteiger partial charge on any atom is -0.486 e. The van der Waals surface area contributed by atoms with Gasteiger partial charge in [-0.25, -0.2) is 8.42 Å². The molecule has 0 saturated heterocycles. The molecule has 1 atom stereocenters. The van der Waals surface area contributed by atoms with E-state index in [-0.39, 0.29) is 23.5 Å². The number of amides is 1. The number of sulfonamides is 1. The molecule has 8 heteroatoms. The summed E-state index contributed by atoms with van der Waals surface area (Å²) in [4.78, 5) is 14.8. The van der Waals surface area contributed by atoms with Crippen molar-refractivity contribution in [3.63, 3.8) is 0 Å². The summed E-state index contributed by atoms with van der Waals surface area (Å²) in [5, 5.41) is 0. The number of hydrogen-bond acceptors (Lipinski definition) is 5. The van der Waals surface area contributed by atoms with Crippen molar-refractivity contribution >= 4 is 39.1 Å². The molecule has 1 unspecified atom stereocenters. The lowest BCUT2D eigenvalue weighted by Gasteiger charge is -2.36. The molecule has 0 bridgehead atoms. The van der Waals surface area contributed by atoms with Crippen LogP contribution < -0.4 is 13.9 Å². The first-order valence-corrected chi connectivity index (χ1v) is 12.1. The Balaban J connectivity index is 1.81. The number of hydrogen-bond donors (Lipinski definition) is 0. The normalized spacial score (nSPS) is 18.7. The number of fused-ring (bicyclic) bond motifs is 2. The van der Waals surface area contributed by atoms with Gasteiger partial charge in [0.05, 0.1) is 22.8 Å². The summed E-state index contributed by atoms with van der Waals surface area (Å²) in [6.07, 6.45) is 0.500. The molecule has 0 fully saturated rings. The first kappa shape index (κ1) is 20.1. The molecule has 29 heavy (non-hydrogen) atoms. The molecule has 2 aromatic carbocycles. The fourth-order valence-electron chi connectivity index (χ4n) is 3.67. The number of benzene rings is 2. The highest BCUT2D eigenvalue weighted by molar-refractivity contribution is 7.99. The SMILES string of the molecule is CCC1CN(S(=O)(=O)c2ccc3c(c2)N(C(C)=O)CCS3)c2cc(C)ccc2O1. The number of nitrogens with zero attached hydrogens (tertiary/aromatic N) is 2. The third kappa shape index (κ3) is 3.59. The van der Waals surface area contributed by atoms with Crippen molar-refractivity contribution in [1.82, 2.24) is 0 Å². The van der Waals surface area contributed by atoms with E-state index < -0.39 is 10.0 Å². The molecular formula is C21H24N2O4S2. The molecule has 154 valence electrons. The third-order valence-corrected chi connectivity index (χ3v) is 8.08. The van der Waals surface area contributed by atoms with Gasteiger partial charge in [0.2, 0.25) is 5.91 Å². The Hall–Kier alpha value is -2.19. The Morgan fingerprint density at radius 3 is 2.72 bits per heavy atom. The Bertz CT molecular complexity index is 1070. The number of thioether (sulfide) groups is 1. The molecule has 0 aliphatic carbocycles. The molecule has 1 amide bonds. The molecule has 2 aliphatic heterocycles. The van der Waals surface area contributed by atoms with Gasteiger partial charge in [0, 0.05) is 24.1 Å². The lowest BCUT2D eigenvalue weighted by molar-refractivity contribution is -0.116. The molecule has 6 nitrogen and oxygen atoms in total. The lowest BCUT2D eigenvalue weighted by atomic mass is 10.1. The molecule has 0 N–H and O–H groups in total. The standard InChI is InChI=1S/C21H24N2O4S2/c1-4-16-13-23(18-11-14(2)5-7-20(18)27-16)29(25,26)17-6-8-21-19(12-17)22(15(3)24)9-10-28-21/h5-8,11-12,16H,4,9-10,13H2,1-3H3. The van der Waals surface area contributed by atoms with Gasteiger partial charge in [0.15, 0.2) is 0 Å². The first-order valence-electron chi connectivity index (χ1n) is 9.66. The van der Waals surface area contributed by atoms with E-state index in [2.05, 4.69) is 0 Å². The maximum Gasteiger partial charge on any atom is 0.264 e. The fraction of sp³-hybridized carbons (Fsp3) is 0.381. The van der Waals surface area contributed by atoms with Crippen LogP contribution in [0.1, 0.15) is 25.8 Å². The molecule has 0 aromatic heterocycles. The van der Waals surface area contributed by atoms with Gasteiger partial charge in [-0.1, -0.05) is 13.0 Å². The van der Waals surface area contributed by atoms with Gasteiger partial charge in [-0.2, -0.15) is 0 Å². The molecule has 0 saturated carbocycles. The van der Waals surface area contributed by atoms with E-state index in [4.69, 9.17) is 4.74 Å². The van der Waals surface area contributed by atoms with Crippen LogP contribution in [0.25, 0.3) is 0 Å². The second kappa shape index (κ2) is 7.57. The highest BCUT2D eigenvalue weighted by atomic mass is 32.2. The summed E-state index contributed by atoms with van der Waals surface area (Å²) in [6.45, 7) is 6.26. The van der Waals surface area contributed by atoms with Gasteiger partial charge in [-0.15, -0.1) is 11.8 Å². The van der Waals surface area contributed by atoms with Crippen molar-refractivity contribution in [3.05, 3.63) is 42.0 Å². The quantitative estimate of drug-likeness (QED) is 0.738. The number of anilines is 2. The van der Waals surface area contributed by atoms with Crippen molar-refractivity contribution < 1.29 is 17.9 Å². The summed E-state index contributed by atoms with van der Waals surface area (Å²) in [5.74, 6) is 1.29. The van der Waals surface area contributed by atoms with Crippen LogP contribution in [0.3, 0.4) is 0 Å². The lowest BCUT2D eigenvalue weighted by Crippen LogP contribution is -2.43. The summed E-state index contributed by atoms with van der Waals surface area (Å²) in [6, 6.07) is 10.7. The topological polar surface area (TPSA) is 66.9 Å². The highest BCUT2D eigenvalue weighted by Crippen LogP contribution is 2.41. The fourth-order valence-corrected chi connectivity index (χ4v) is 6.17.